The SMILES string of the molecule is CNc1c(N)n(C)c(=O)[nH]c1=O. The molecule has 12 heavy (non-hydrogen) atoms. The Morgan fingerprint density at radius 3 is 2.58 bits per heavy atom. The molecule has 4 N–H and O–H groups in total. The zero-order chi connectivity index (χ0) is 9.30. The van der Waals surface area contributed by atoms with Crippen LogP contribution in [0.4, 0.5) is 11.5 Å². The maximum absolute atomic E-state index is 11.0. The molecule has 0 aliphatic heterocycles. The van der Waals surface area contributed by atoms with Crippen molar-refractivity contribution in [2.45, 2.75) is 0 Å². The highest BCUT2D eigenvalue weighted by atomic mass is 16.2. The van der Waals surface area contributed by atoms with Crippen LogP contribution in [0.5, 0.6) is 0 Å². The number of nitrogens with zero attached hydrogens (tertiary/aromatic N) is 1. The molecule has 0 bridgehead atoms. The van der Waals surface area contributed by atoms with E-state index in [1.807, 2.05) is 0 Å². The van der Waals surface area contributed by atoms with Crippen molar-refractivity contribution in [3.8, 4) is 0 Å². The van der Waals surface area contributed by atoms with Gasteiger partial charge in [0, 0.05) is 14.1 Å². The Balaban J connectivity index is 3.63. The molecule has 0 unspecified atom stereocenters. The molecule has 66 valence electrons. The minimum atomic E-state index is -0.517. The van der Waals surface area contributed by atoms with Gasteiger partial charge in [-0.1, -0.05) is 0 Å². The number of hydrogen-bond donors (Lipinski definition) is 3. The van der Waals surface area contributed by atoms with E-state index in [-0.39, 0.29) is 11.5 Å². The normalized spacial score (nSPS) is 9.83. The number of H-pyrrole nitrogens is 1. The van der Waals surface area contributed by atoms with Gasteiger partial charge in [-0.15, -0.1) is 0 Å². The van der Waals surface area contributed by atoms with Crippen LogP contribution in [0, 0.1) is 0 Å². The maximum Gasteiger partial charge on any atom is 0.329 e. The highest BCUT2D eigenvalue weighted by molar-refractivity contribution is 5.59. The molecule has 0 aromatic carbocycles. The second-order valence-corrected chi connectivity index (χ2v) is 2.33. The van der Waals surface area contributed by atoms with Crippen molar-refractivity contribution in [2.24, 2.45) is 7.05 Å². The first-order chi connectivity index (χ1) is 5.57. The van der Waals surface area contributed by atoms with Crippen molar-refractivity contribution in [3.05, 3.63) is 20.8 Å². The van der Waals surface area contributed by atoms with Crippen LogP contribution in [0.3, 0.4) is 0 Å². The van der Waals surface area contributed by atoms with E-state index in [4.69, 9.17) is 5.73 Å². The zero-order valence-electron chi connectivity index (χ0n) is 6.84. The van der Waals surface area contributed by atoms with E-state index < -0.39 is 11.2 Å². The van der Waals surface area contributed by atoms with Crippen molar-refractivity contribution in [1.29, 1.82) is 0 Å². The van der Waals surface area contributed by atoms with Gasteiger partial charge < -0.3 is 11.1 Å². The van der Waals surface area contributed by atoms with Crippen LogP contribution in [0.15, 0.2) is 9.59 Å². The number of nitrogen functional groups attached to an aromatic ring is 1. The lowest BCUT2D eigenvalue weighted by Crippen LogP contribution is -2.31. The molecular formula is C6H10N4O2. The Bertz CT molecular complexity index is 403. The number of nitrogens with one attached hydrogen (secondary N) is 2. The first-order valence-corrected chi connectivity index (χ1v) is 3.34. The molecule has 1 heterocycles. The van der Waals surface area contributed by atoms with Crippen molar-refractivity contribution in [3.63, 3.8) is 0 Å². The summed E-state index contributed by atoms with van der Waals surface area (Å²) in [4.78, 5) is 24.1. The molecule has 1 rings (SSSR count). The summed E-state index contributed by atoms with van der Waals surface area (Å²) in [6.07, 6.45) is 0. The predicted molar refractivity (Wildman–Crippen MR) is 46.3 cm³/mol. The lowest BCUT2D eigenvalue weighted by molar-refractivity contribution is 0.815. The summed E-state index contributed by atoms with van der Waals surface area (Å²) in [5, 5.41) is 2.60. The Hall–Kier alpha value is -1.72. The van der Waals surface area contributed by atoms with Crippen LogP contribution >= 0.6 is 0 Å². The van der Waals surface area contributed by atoms with Gasteiger partial charge in [-0.3, -0.25) is 14.3 Å². The van der Waals surface area contributed by atoms with Crippen LogP contribution in [-0.4, -0.2) is 16.6 Å². The summed E-state index contributed by atoms with van der Waals surface area (Å²) in [6.45, 7) is 0. The van der Waals surface area contributed by atoms with E-state index in [0.29, 0.717) is 0 Å². The van der Waals surface area contributed by atoms with Crippen LogP contribution in [0.25, 0.3) is 0 Å². The summed E-state index contributed by atoms with van der Waals surface area (Å²) in [5.41, 5.74) is 4.66. The highest BCUT2D eigenvalue weighted by Gasteiger charge is 2.06. The number of rotatable bonds is 1. The molecule has 0 aliphatic carbocycles. The number of hydrogen-bond acceptors (Lipinski definition) is 4. The second-order valence-electron chi connectivity index (χ2n) is 2.33. The van der Waals surface area contributed by atoms with Gasteiger partial charge in [0.25, 0.3) is 5.56 Å². The molecule has 0 spiro atoms. The Kier molecular flexibility index (Phi) is 1.90. The van der Waals surface area contributed by atoms with Crippen LogP contribution in [0.1, 0.15) is 0 Å². The third-order valence-corrected chi connectivity index (χ3v) is 1.62. The minimum absolute atomic E-state index is 0.131. The van der Waals surface area contributed by atoms with Crippen molar-refractivity contribution in [1.82, 2.24) is 9.55 Å². The van der Waals surface area contributed by atoms with Gasteiger partial charge in [-0.25, -0.2) is 4.79 Å². The molecule has 6 heteroatoms. The molecule has 0 amide bonds. The van der Waals surface area contributed by atoms with Crippen molar-refractivity contribution < 1.29 is 0 Å². The molecule has 0 fully saturated rings. The topological polar surface area (TPSA) is 92.9 Å². The molecule has 0 atom stereocenters. The average Bonchev–Trinajstić information content (AvgIpc) is 2.01. The average molecular weight is 170 g/mol. The van der Waals surface area contributed by atoms with Gasteiger partial charge in [0.1, 0.15) is 11.5 Å². The molecule has 0 radical (unpaired) electrons. The van der Waals surface area contributed by atoms with Crippen molar-refractivity contribution in [2.75, 3.05) is 18.1 Å². The lowest BCUT2D eigenvalue weighted by Gasteiger charge is -2.06. The van der Waals surface area contributed by atoms with Gasteiger partial charge in [0.2, 0.25) is 0 Å². The maximum atomic E-state index is 11.0. The number of aromatic amines is 1. The fraction of sp³-hybridized carbons (Fsp3) is 0.333. The summed E-state index contributed by atoms with van der Waals surface area (Å²) < 4.78 is 1.16. The van der Waals surface area contributed by atoms with E-state index in [9.17, 15) is 9.59 Å². The quantitative estimate of drug-likeness (QED) is 0.488. The number of aromatic nitrogens is 2. The molecule has 6 nitrogen and oxygen atoms in total. The second kappa shape index (κ2) is 2.72. The summed E-state index contributed by atoms with van der Waals surface area (Å²) in [7, 11) is 3.04. The summed E-state index contributed by atoms with van der Waals surface area (Å²) in [5.74, 6) is 0.131. The van der Waals surface area contributed by atoms with Crippen LogP contribution in [0.2, 0.25) is 0 Å². The molecule has 0 saturated heterocycles. The van der Waals surface area contributed by atoms with E-state index >= 15 is 0 Å². The number of anilines is 2. The van der Waals surface area contributed by atoms with Crippen LogP contribution in [-0.2, 0) is 7.05 Å². The predicted octanol–water partition coefficient (Wildman–Crippen LogP) is -1.30. The van der Waals surface area contributed by atoms with Gasteiger partial charge in [-0.05, 0) is 0 Å². The van der Waals surface area contributed by atoms with E-state index in [0.717, 1.165) is 4.57 Å². The van der Waals surface area contributed by atoms with E-state index in [1.165, 1.54) is 7.05 Å². The largest absolute Gasteiger partial charge is 0.383 e. The molecule has 1 aromatic heterocycles. The van der Waals surface area contributed by atoms with Crippen molar-refractivity contribution >= 4 is 11.5 Å². The fourth-order valence-electron chi connectivity index (χ4n) is 0.879. The van der Waals surface area contributed by atoms with Crippen LogP contribution < -0.4 is 22.3 Å². The van der Waals surface area contributed by atoms with E-state index in [1.54, 1.807) is 7.05 Å². The molecule has 0 saturated carbocycles. The fourth-order valence-corrected chi connectivity index (χ4v) is 0.879. The third-order valence-electron chi connectivity index (χ3n) is 1.62. The Morgan fingerprint density at radius 1 is 1.50 bits per heavy atom. The number of nitrogens with two attached hydrogens (primary N) is 1. The molecule has 1 aromatic rings. The minimum Gasteiger partial charge on any atom is -0.383 e. The first-order valence-electron chi connectivity index (χ1n) is 3.34. The van der Waals surface area contributed by atoms with E-state index in [2.05, 4.69) is 10.3 Å². The standard InChI is InChI=1S/C6H10N4O2/c1-8-3-4(7)10(2)6(12)9-5(3)11/h8H,7H2,1-2H3,(H,9,11,12). The summed E-state index contributed by atoms with van der Waals surface area (Å²) in [6, 6.07) is 0. The Morgan fingerprint density at radius 2 is 2.08 bits per heavy atom. The Labute approximate surface area is 68.0 Å². The van der Waals surface area contributed by atoms with Gasteiger partial charge >= 0.3 is 5.69 Å². The van der Waals surface area contributed by atoms with Gasteiger partial charge in [0.05, 0.1) is 0 Å². The smallest absolute Gasteiger partial charge is 0.329 e. The highest BCUT2D eigenvalue weighted by Crippen LogP contribution is 2.05. The molecular weight excluding hydrogens is 160 g/mol. The summed E-state index contributed by atoms with van der Waals surface area (Å²) >= 11 is 0. The first kappa shape index (κ1) is 8.38. The monoisotopic (exact) mass is 170 g/mol. The zero-order valence-corrected chi connectivity index (χ0v) is 6.84. The molecule has 0 aliphatic rings. The third kappa shape index (κ3) is 1.07. The lowest BCUT2D eigenvalue weighted by atomic mass is 10.4. The van der Waals surface area contributed by atoms with Gasteiger partial charge in [0.15, 0.2) is 0 Å². The van der Waals surface area contributed by atoms with Gasteiger partial charge in [-0.2, -0.15) is 0 Å².